The van der Waals surface area contributed by atoms with Gasteiger partial charge in [0.15, 0.2) is 12.2 Å². The summed E-state index contributed by atoms with van der Waals surface area (Å²) in [6, 6.07) is 0. The molecule has 0 aromatic heterocycles. The average molecular weight is 1420 g/mol. The number of rotatable bonds is 77. The second-order valence-electron chi connectivity index (χ2n) is 29.1. The van der Waals surface area contributed by atoms with Crippen LogP contribution >= 0.6 is 15.6 Å². The van der Waals surface area contributed by atoms with Crippen LogP contribution in [0.15, 0.2) is 0 Å². The van der Waals surface area contributed by atoms with Crippen molar-refractivity contribution in [2.24, 2.45) is 11.8 Å². The molecule has 0 amide bonds. The number of aliphatic hydroxyl groups is 1. The van der Waals surface area contributed by atoms with Gasteiger partial charge in [0.1, 0.15) is 19.3 Å². The van der Waals surface area contributed by atoms with Gasteiger partial charge in [0.05, 0.1) is 26.4 Å². The van der Waals surface area contributed by atoms with Crippen molar-refractivity contribution in [1.82, 2.24) is 0 Å². The van der Waals surface area contributed by atoms with E-state index in [-0.39, 0.29) is 25.7 Å². The molecule has 2 unspecified atom stereocenters. The highest BCUT2D eigenvalue weighted by Crippen LogP contribution is 2.45. The number of aliphatic hydroxyl groups excluding tert-OH is 1. The highest BCUT2D eigenvalue weighted by molar-refractivity contribution is 7.47. The molecule has 19 heteroatoms. The molecule has 0 aliphatic carbocycles. The molecule has 0 aliphatic heterocycles. The number of carbonyl (C=O) groups is 4. The topological polar surface area (TPSA) is 237 Å². The normalized spacial score (nSPS) is 14.0. The van der Waals surface area contributed by atoms with Crippen LogP contribution in [0.5, 0.6) is 0 Å². The molecule has 0 aromatic carbocycles. The highest BCUT2D eigenvalue weighted by atomic mass is 31.2. The number of unbranched alkanes of at least 4 members (excludes halogenated alkanes) is 47. The van der Waals surface area contributed by atoms with E-state index in [4.69, 9.17) is 37.0 Å². The van der Waals surface area contributed by atoms with Gasteiger partial charge in [0, 0.05) is 25.7 Å². The van der Waals surface area contributed by atoms with Crippen LogP contribution in [0, 0.1) is 11.8 Å². The predicted octanol–water partition coefficient (Wildman–Crippen LogP) is 23.1. The van der Waals surface area contributed by atoms with Crippen molar-refractivity contribution in [3.8, 4) is 0 Å². The van der Waals surface area contributed by atoms with E-state index in [1.54, 1.807) is 0 Å². The number of hydrogen-bond acceptors (Lipinski definition) is 15. The van der Waals surface area contributed by atoms with Crippen molar-refractivity contribution >= 4 is 39.5 Å². The maximum atomic E-state index is 13.1. The SMILES string of the molecule is CCCCCCCCCCCCCCCCCCCCCCC(=O)O[C@H](COC(=O)CCCCCCCCCCCCCCC(C)C)COP(=O)(O)OC[C@@H](O)COP(=O)(O)OC[C@@H](COC(=O)CCCCCCCCC(C)C)OC(=O)CCCCCCCCCCCCCCC. The maximum Gasteiger partial charge on any atom is 0.472 e. The summed E-state index contributed by atoms with van der Waals surface area (Å²) in [6.07, 6.45) is 58.4. The summed E-state index contributed by atoms with van der Waals surface area (Å²) in [4.78, 5) is 72.8. The second kappa shape index (κ2) is 69.8. The zero-order chi connectivity index (χ0) is 71.4. The molecule has 0 aliphatic rings. The first kappa shape index (κ1) is 95.1. The molecule has 97 heavy (non-hydrogen) atoms. The van der Waals surface area contributed by atoms with Gasteiger partial charge in [0.2, 0.25) is 0 Å². The van der Waals surface area contributed by atoms with Gasteiger partial charge in [-0.15, -0.1) is 0 Å². The van der Waals surface area contributed by atoms with Crippen LogP contribution in [-0.4, -0.2) is 96.7 Å². The molecule has 0 saturated carbocycles. The monoisotopic (exact) mass is 1420 g/mol. The Morgan fingerprint density at radius 2 is 0.474 bits per heavy atom. The summed E-state index contributed by atoms with van der Waals surface area (Å²) in [5.74, 6) is -0.653. The molecule has 0 saturated heterocycles. The number of carbonyl (C=O) groups excluding carboxylic acids is 4. The van der Waals surface area contributed by atoms with Gasteiger partial charge in [-0.2, -0.15) is 0 Å². The standard InChI is InChI=1S/C78H152O17P2/c1-7-9-11-13-15-17-19-21-22-23-24-25-26-27-29-35-39-43-51-57-63-77(82)94-73(66-88-75(80)60-54-48-41-37-33-31-30-32-36-40-46-52-58-70(3)4)68-92-96(84,85)90-64-72(79)65-91-97(86,87)93-69-74(67-89-76(81)61-55-49-45-44-47-53-59-71(5)6)95-78(83)62-56-50-42-38-34-28-20-18-16-14-12-10-8-2/h70-74,79H,7-69H2,1-6H3,(H,84,85)(H,86,87)/t72-,73-,74-/m1/s1. The van der Waals surface area contributed by atoms with E-state index in [0.717, 1.165) is 102 Å². The number of esters is 4. The van der Waals surface area contributed by atoms with Crippen LogP contribution in [0.1, 0.15) is 408 Å². The van der Waals surface area contributed by atoms with Crippen molar-refractivity contribution in [1.29, 1.82) is 0 Å². The summed E-state index contributed by atoms with van der Waals surface area (Å²) in [7, 11) is -9.91. The van der Waals surface area contributed by atoms with Gasteiger partial charge in [-0.05, 0) is 37.5 Å². The Morgan fingerprint density at radius 3 is 0.701 bits per heavy atom. The lowest BCUT2D eigenvalue weighted by molar-refractivity contribution is -0.161. The number of hydrogen-bond donors (Lipinski definition) is 3. The lowest BCUT2D eigenvalue weighted by Crippen LogP contribution is -2.30. The van der Waals surface area contributed by atoms with Crippen molar-refractivity contribution in [3.63, 3.8) is 0 Å². The molecule has 0 fully saturated rings. The Labute approximate surface area is 594 Å². The summed E-state index contributed by atoms with van der Waals surface area (Å²) < 4.78 is 68.6. The summed E-state index contributed by atoms with van der Waals surface area (Å²) in [5.41, 5.74) is 0. The molecular formula is C78H152O17P2. The Kier molecular flexibility index (Phi) is 68.4. The molecule has 0 aromatic rings. The first-order valence-corrected chi connectivity index (χ1v) is 43.5. The lowest BCUT2D eigenvalue weighted by Gasteiger charge is -2.21. The zero-order valence-corrected chi connectivity index (χ0v) is 65.2. The van der Waals surface area contributed by atoms with Crippen molar-refractivity contribution in [2.75, 3.05) is 39.6 Å². The van der Waals surface area contributed by atoms with Gasteiger partial charge in [0.25, 0.3) is 0 Å². The fourth-order valence-corrected chi connectivity index (χ4v) is 13.6. The van der Waals surface area contributed by atoms with E-state index < -0.39 is 97.5 Å². The number of phosphoric acid groups is 2. The minimum Gasteiger partial charge on any atom is -0.462 e. The molecule has 3 N–H and O–H groups in total. The first-order valence-electron chi connectivity index (χ1n) is 40.5. The average Bonchev–Trinajstić information content (AvgIpc) is 1.72. The molecule has 0 heterocycles. The maximum absolute atomic E-state index is 13.1. The largest absolute Gasteiger partial charge is 0.472 e. The summed E-state index contributed by atoms with van der Waals surface area (Å²) in [6.45, 7) is 9.54. The minimum atomic E-state index is -4.96. The number of ether oxygens (including phenoxy) is 4. The smallest absolute Gasteiger partial charge is 0.462 e. The van der Waals surface area contributed by atoms with Gasteiger partial charge < -0.3 is 33.8 Å². The van der Waals surface area contributed by atoms with Gasteiger partial charge in [-0.1, -0.05) is 356 Å². The minimum absolute atomic E-state index is 0.107. The molecule has 0 bridgehead atoms. The van der Waals surface area contributed by atoms with Crippen LogP contribution in [0.2, 0.25) is 0 Å². The van der Waals surface area contributed by atoms with E-state index in [2.05, 4.69) is 41.5 Å². The van der Waals surface area contributed by atoms with Crippen molar-refractivity contribution in [3.05, 3.63) is 0 Å². The van der Waals surface area contributed by atoms with Crippen LogP contribution in [0.3, 0.4) is 0 Å². The molecule has 576 valence electrons. The van der Waals surface area contributed by atoms with Gasteiger partial charge >= 0.3 is 39.5 Å². The van der Waals surface area contributed by atoms with Crippen LogP contribution in [0.4, 0.5) is 0 Å². The van der Waals surface area contributed by atoms with Crippen molar-refractivity contribution < 1.29 is 80.2 Å². The van der Waals surface area contributed by atoms with E-state index in [1.807, 2.05) is 0 Å². The third kappa shape index (κ3) is 72.2. The molecule has 17 nitrogen and oxygen atoms in total. The molecule has 0 radical (unpaired) electrons. The lowest BCUT2D eigenvalue weighted by atomic mass is 10.0. The molecule has 0 rings (SSSR count). The van der Waals surface area contributed by atoms with E-state index in [9.17, 15) is 43.2 Å². The Balaban J connectivity index is 5.21. The third-order valence-corrected chi connectivity index (χ3v) is 20.1. The summed E-state index contributed by atoms with van der Waals surface area (Å²) >= 11 is 0. The molecular weight excluding hydrogens is 1270 g/mol. The van der Waals surface area contributed by atoms with Crippen LogP contribution in [-0.2, 0) is 65.4 Å². The Morgan fingerprint density at radius 1 is 0.278 bits per heavy atom. The summed E-state index contributed by atoms with van der Waals surface area (Å²) in [5, 5.41) is 10.6. The van der Waals surface area contributed by atoms with E-state index in [1.165, 1.54) is 218 Å². The van der Waals surface area contributed by atoms with Crippen molar-refractivity contribution in [2.45, 2.75) is 426 Å². The molecule has 5 atom stereocenters. The number of phosphoric ester groups is 2. The Bertz CT molecular complexity index is 1870. The quantitative estimate of drug-likeness (QED) is 0.0222. The van der Waals surface area contributed by atoms with E-state index >= 15 is 0 Å². The predicted molar refractivity (Wildman–Crippen MR) is 395 cm³/mol. The van der Waals surface area contributed by atoms with Crippen LogP contribution < -0.4 is 0 Å². The van der Waals surface area contributed by atoms with Crippen LogP contribution in [0.25, 0.3) is 0 Å². The first-order chi connectivity index (χ1) is 46.9. The van der Waals surface area contributed by atoms with Gasteiger partial charge in [-0.25, -0.2) is 9.13 Å². The fraction of sp³-hybridized carbons (Fsp3) is 0.949. The second-order valence-corrected chi connectivity index (χ2v) is 32.0. The zero-order valence-electron chi connectivity index (χ0n) is 63.4. The van der Waals surface area contributed by atoms with Gasteiger partial charge in [-0.3, -0.25) is 37.3 Å². The highest BCUT2D eigenvalue weighted by Gasteiger charge is 2.30. The fourth-order valence-electron chi connectivity index (χ4n) is 12.0. The third-order valence-electron chi connectivity index (χ3n) is 18.2. The molecule has 0 spiro atoms. The Hall–Kier alpha value is -1.94. The van der Waals surface area contributed by atoms with E-state index in [0.29, 0.717) is 31.6 Å².